The van der Waals surface area contributed by atoms with Crippen molar-refractivity contribution in [1.29, 1.82) is 0 Å². The highest BCUT2D eigenvalue weighted by Gasteiger charge is 2.20. The molecule has 0 radical (unpaired) electrons. The SMILES string of the molecule is Cl.O=C(NCCc1ccc(Cl)cc1)c1n[nH]c2c1CNCC2. The first-order valence-corrected chi connectivity index (χ1v) is 7.41. The molecule has 0 saturated heterocycles. The number of nitrogens with zero attached hydrogens (tertiary/aromatic N) is 1. The predicted octanol–water partition coefficient (Wildman–Crippen LogP) is 2.10. The van der Waals surface area contributed by atoms with Gasteiger partial charge in [-0.3, -0.25) is 9.89 Å². The maximum Gasteiger partial charge on any atom is 0.272 e. The molecule has 1 aromatic carbocycles. The smallest absolute Gasteiger partial charge is 0.272 e. The van der Waals surface area contributed by atoms with Gasteiger partial charge in [0.25, 0.3) is 5.91 Å². The second-order valence-corrected chi connectivity index (χ2v) is 5.52. The molecule has 0 saturated carbocycles. The van der Waals surface area contributed by atoms with Crippen molar-refractivity contribution in [3.8, 4) is 0 Å². The fourth-order valence-corrected chi connectivity index (χ4v) is 2.59. The second-order valence-electron chi connectivity index (χ2n) is 5.09. The van der Waals surface area contributed by atoms with Crippen molar-refractivity contribution in [3.05, 3.63) is 51.8 Å². The third kappa shape index (κ3) is 3.80. The van der Waals surface area contributed by atoms with E-state index in [0.29, 0.717) is 18.8 Å². The van der Waals surface area contributed by atoms with E-state index in [-0.39, 0.29) is 18.3 Å². The zero-order valence-corrected chi connectivity index (χ0v) is 13.6. The maximum absolute atomic E-state index is 12.2. The number of nitrogens with one attached hydrogen (secondary N) is 3. The Morgan fingerprint density at radius 3 is 2.86 bits per heavy atom. The van der Waals surface area contributed by atoms with Crippen LogP contribution in [0, 0.1) is 0 Å². The largest absolute Gasteiger partial charge is 0.350 e. The molecule has 3 N–H and O–H groups in total. The molecule has 0 atom stereocenters. The molecule has 3 rings (SSSR count). The first kappa shape index (κ1) is 16.8. The van der Waals surface area contributed by atoms with Crippen LogP contribution in [0.4, 0.5) is 0 Å². The van der Waals surface area contributed by atoms with Crippen LogP contribution in [-0.4, -0.2) is 29.2 Å². The molecule has 0 unspecified atom stereocenters. The van der Waals surface area contributed by atoms with Crippen LogP contribution < -0.4 is 10.6 Å². The number of fused-ring (bicyclic) bond motifs is 1. The van der Waals surface area contributed by atoms with Gasteiger partial charge in [-0.15, -0.1) is 12.4 Å². The number of carbonyl (C=O) groups excluding carboxylic acids is 1. The van der Waals surface area contributed by atoms with Crippen LogP contribution in [-0.2, 0) is 19.4 Å². The third-order valence-electron chi connectivity index (χ3n) is 3.63. The van der Waals surface area contributed by atoms with Gasteiger partial charge in [0.15, 0.2) is 5.69 Å². The third-order valence-corrected chi connectivity index (χ3v) is 3.89. The molecule has 1 aromatic heterocycles. The number of rotatable bonds is 4. The fourth-order valence-electron chi connectivity index (χ4n) is 2.47. The number of benzene rings is 1. The highest BCUT2D eigenvalue weighted by atomic mass is 35.5. The minimum atomic E-state index is -0.120. The Kier molecular flexibility index (Phi) is 5.83. The molecule has 7 heteroatoms. The molecule has 2 aromatic rings. The van der Waals surface area contributed by atoms with E-state index in [4.69, 9.17) is 11.6 Å². The van der Waals surface area contributed by atoms with Crippen molar-refractivity contribution in [1.82, 2.24) is 20.8 Å². The van der Waals surface area contributed by atoms with E-state index in [9.17, 15) is 4.79 Å². The summed E-state index contributed by atoms with van der Waals surface area (Å²) < 4.78 is 0. The van der Waals surface area contributed by atoms with Crippen molar-refractivity contribution in [2.24, 2.45) is 0 Å². The van der Waals surface area contributed by atoms with Crippen LogP contribution in [0.1, 0.15) is 27.3 Å². The Labute approximate surface area is 140 Å². The van der Waals surface area contributed by atoms with Gasteiger partial charge >= 0.3 is 0 Å². The first-order chi connectivity index (χ1) is 10.2. The molecule has 0 aliphatic carbocycles. The monoisotopic (exact) mass is 340 g/mol. The number of carbonyl (C=O) groups is 1. The summed E-state index contributed by atoms with van der Waals surface area (Å²) in [4.78, 5) is 12.2. The van der Waals surface area contributed by atoms with E-state index < -0.39 is 0 Å². The van der Waals surface area contributed by atoms with Gasteiger partial charge in [0, 0.05) is 42.3 Å². The molecule has 0 spiro atoms. The van der Waals surface area contributed by atoms with Crippen LogP contribution in [0.2, 0.25) is 5.02 Å². The number of halogens is 2. The van der Waals surface area contributed by atoms with E-state index in [1.54, 1.807) is 0 Å². The average Bonchev–Trinajstić information content (AvgIpc) is 2.93. The molecule has 0 bridgehead atoms. The minimum absolute atomic E-state index is 0. The Morgan fingerprint density at radius 2 is 2.09 bits per heavy atom. The lowest BCUT2D eigenvalue weighted by Crippen LogP contribution is -2.29. The van der Waals surface area contributed by atoms with Gasteiger partial charge in [0.1, 0.15) is 0 Å². The summed E-state index contributed by atoms with van der Waals surface area (Å²) in [6.07, 6.45) is 1.66. The van der Waals surface area contributed by atoms with Crippen molar-refractivity contribution in [2.75, 3.05) is 13.1 Å². The molecule has 1 aliphatic rings. The van der Waals surface area contributed by atoms with Gasteiger partial charge in [0.2, 0.25) is 0 Å². The van der Waals surface area contributed by atoms with Gasteiger partial charge in [0.05, 0.1) is 0 Å². The fraction of sp³-hybridized carbons (Fsp3) is 0.333. The Morgan fingerprint density at radius 1 is 1.32 bits per heavy atom. The molecule has 2 heterocycles. The van der Waals surface area contributed by atoms with Crippen molar-refractivity contribution >= 4 is 29.9 Å². The zero-order chi connectivity index (χ0) is 14.7. The molecule has 1 amide bonds. The van der Waals surface area contributed by atoms with Gasteiger partial charge in [-0.1, -0.05) is 23.7 Å². The topological polar surface area (TPSA) is 69.8 Å². The highest BCUT2D eigenvalue weighted by molar-refractivity contribution is 6.30. The molecule has 1 aliphatic heterocycles. The summed E-state index contributed by atoms with van der Waals surface area (Å²) in [7, 11) is 0. The van der Waals surface area contributed by atoms with Gasteiger partial charge in [-0.25, -0.2) is 0 Å². The van der Waals surface area contributed by atoms with Gasteiger partial charge < -0.3 is 10.6 Å². The summed E-state index contributed by atoms with van der Waals surface area (Å²) >= 11 is 5.84. The summed E-state index contributed by atoms with van der Waals surface area (Å²) in [6.45, 7) is 2.20. The van der Waals surface area contributed by atoms with Crippen molar-refractivity contribution < 1.29 is 4.79 Å². The standard InChI is InChI=1S/C15H17ClN4O.ClH/c16-11-3-1-10(2-4-11)5-8-18-15(21)14-12-9-17-7-6-13(12)19-20-14;/h1-4,17H,5-9H2,(H,18,21)(H,19,20);1H. The summed E-state index contributed by atoms with van der Waals surface area (Å²) in [5.41, 5.74) is 3.71. The zero-order valence-electron chi connectivity index (χ0n) is 12.0. The molecule has 22 heavy (non-hydrogen) atoms. The number of hydrogen-bond acceptors (Lipinski definition) is 3. The van der Waals surface area contributed by atoms with E-state index in [1.807, 2.05) is 24.3 Å². The number of aromatic amines is 1. The predicted molar refractivity (Wildman–Crippen MR) is 88.7 cm³/mol. The van der Waals surface area contributed by atoms with E-state index in [0.717, 1.165) is 41.2 Å². The first-order valence-electron chi connectivity index (χ1n) is 7.03. The van der Waals surface area contributed by atoms with Gasteiger partial charge in [-0.2, -0.15) is 5.10 Å². The average molecular weight is 341 g/mol. The lowest BCUT2D eigenvalue weighted by Gasteiger charge is -2.12. The Hall–Kier alpha value is -1.56. The molecule has 5 nitrogen and oxygen atoms in total. The Balaban J connectivity index is 0.00000176. The number of amides is 1. The van der Waals surface area contributed by atoms with Crippen molar-refractivity contribution in [3.63, 3.8) is 0 Å². The molecular weight excluding hydrogens is 323 g/mol. The van der Waals surface area contributed by atoms with E-state index in [1.165, 1.54) is 0 Å². The molecular formula is C15H18Cl2N4O. The number of H-pyrrole nitrogens is 1. The van der Waals surface area contributed by atoms with Gasteiger partial charge in [-0.05, 0) is 24.1 Å². The number of hydrogen-bond donors (Lipinski definition) is 3. The van der Waals surface area contributed by atoms with Crippen molar-refractivity contribution in [2.45, 2.75) is 19.4 Å². The number of aromatic nitrogens is 2. The van der Waals surface area contributed by atoms with Crippen LogP contribution in [0.25, 0.3) is 0 Å². The maximum atomic E-state index is 12.2. The molecule has 118 valence electrons. The van der Waals surface area contributed by atoms with E-state index in [2.05, 4.69) is 20.8 Å². The van der Waals surface area contributed by atoms with Crippen LogP contribution in [0.3, 0.4) is 0 Å². The lowest BCUT2D eigenvalue weighted by molar-refractivity contribution is 0.0948. The summed E-state index contributed by atoms with van der Waals surface area (Å²) in [5, 5.41) is 14.0. The van der Waals surface area contributed by atoms with Crippen LogP contribution in [0.15, 0.2) is 24.3 Å². The van der Waals surface area contributed by atoms with Crippen LogP contribution >= 0.6 is 24.0 Å². The normalized spacial score (nSPS) is 13.1. The van der Waals surface area contributed by atoms with Crippen LogP contribution in [0.5, 0.6) is 0 Å². The Bertz CT molecular complexity index is 639. The minimum Gasteiger partial charge on any atom is -0.350 e. The van der Waals surface area contributed by atoms with E-state index >= 15 is 0 Å². The highest BCUT2D eigenvalue weighted by Crippen LogP contribution is 2.15. The molecule has 0 fully saturated rings. The second kappa shape index (κ2) is 7.63. The summed E-state index contributed by atoms with van der Waals surface area (Å²) in [5.74, 6) is -0.120. The lowest BCUT2D eigenvalue weighted by atomic mass is 10.1. The summed E-state index contributed by atoms with van der Waals surface area (Å²) in [6, 6.07) is 7.65. The quantitative estimate of drug-likeness (QED) is 0.798.